The molecular weight excluding hydrogens is 659 g/mol. The van der Waals surface area contributed by atoms with Crippen LogP contribution in [0.5, 0.6) is 5.75 Å². The number of nitrogens with zero attached hydrogens (tertiary/aromatic N) is 4. The van der Waals surface area contributed by atoms with Crippen molar-refractivity contribution < 1.29 is 28.5 Å². The highest BCUT2D eigenvalue weighted by Crippen LogP contribution is 2.46. The van der Waals surface area contributed by atoms with Gasteiger partial charge in [0.15, 0.2) is 17.7 Å². The van der Waals surface area contributed by atoms with E-state index in [9.17, 15) is 9.90 Å². The van der Waals surface area contributed by atoms with E-state index < -0.39 is 23.5 Å². The lowest BCUT2D eigenvalue weighted by atomic mass is 9.86. The summed E-state index contributed by atoms with van der Waals surface area (Å²) in [6, 6.07) is 14.8. The molecule has 1 N–H and O–H groups in total. The second-order valence-corrected chi connectivity index (χ2v) is 15.4. The van der Waals surface area contributed by atoms with Gasteiger partial charge in [-0.05, 0) is 106 Å². The number of carboxylic acid groups (broad SMARTS) is 1. The van der Waals surface area contributed by atoms with Gasteiger partial charge in [0, 0.05) is 65.2 Å². The Morgan fingerprint density at radius 2 is 1.87 bits per heavy atom. The maximum absolute atomic E-state index is 15.9. The van der Waals surface area contributed by atoms with Gasteiger partial charge in [0.1, 0.15) is 5.65 Å². The number of halogens is 1. The lowest BCUT2D eigenvalue weighted by Crippen LogP contribution is -2.50. The maximum atomic E-state index is 15.9. The molecule has 0 amide bonds. The van der Waals surface area contributed by atoms with Crippen LogP contribution in [0.2, 0.25) is 0 Å². The molecule has 1 atom stereocenters. The Balaban J connectivity index is 1.28. The zero-order chi connectivity index (χ0) is 36.5. The number of carboxylic acids is 1. The number of aliphatic carboxylic acids is 1. The van der Waals surface area contributed by atoms with Crippen LogP contribution in [-0.4, -0.2) is 68.5 Å². The first kappa shape index (κ1) is 34.4. The summed E-state index contributed by atoms with van der Waals surface area (Å²) in [6.07, 6.45) is 2.93. The van der Waals surface area contributed by atoms with Crippen LogP contribution in [0.15, 0.2) is 48.7 Å². The van der Waals surface area contributed by atoms with Crippen LogP contribution in [0.25, 0.3) is 44.7 Å². The number of fused-ring (bicyclic) bond motifs is 3. The lowest BCUT2D eigenvalue weighted by Gasteiger charge is -2.40. The van der Waals surface area contributed by atoms with Gasteiger partial charge >= 0.3 is 5.97 Å². The van der Waals surface area contributed by atoms with Crippen molar-refractivity contribution in [3.8, 4) is 39.4 Å². The maximum Gasteiger partial charge on any atom is 0.337 e. The molecule has 3 aliphatic rings. The van der Waals surface area contributed by atoms with Crippen LogP contribution in [0.4, 0.5) is 4.39 Å². The number of pyridine rings is 2. The van der Waals surface area contributed by atoms with Crippen molar-refractivity contribution in [3.63, 3.8) is 0 Å². The fourth-order valence-electron chi connectivity index (χ4n) is 8.08. The lowest BCUT2D eigenvalue weighted by molar-refractivity contribution is -0.160. The summed E-state index contributed by atoms with van der Waals surface area (Å²) < 4.78 is 35.3. The van der Waals surface area contributed by atoms with Crippen LogP contribution < -0.4 is 4.74 Å². The number of ether oxygens (including phenoxy) is 3. The van der Waals surface area contributed by atoms with Crippen LogP contribution in [0.1, 0.15) is 66.8 Å². The number of carbonyl (C=O) groups is 1. The molecule has 1 saturated heterocycles. The minimum Gasteiger partial charge on any atom is -0.490 e. The molecule has 3 aliphatic heterocycles. The molecule has 8 rings (SSSR count). The van der Waals surface area contributed by atoms with E-state index in [2.05, 4.69) is 29.2 Å². The zero-order valence-electron chi connectivity index (χ0n) is 30.7. The van der Waals surface area contributed by atoms with E-state index in [1.807, 2.05) is 57.6 Å². The topological polar surface area (TPSA) is 98.9 Å². The molecule has 5 aromatic rings. The first-order valence-electron chi connectivity index (χ1n) is 18.1. The Kier molecular flexibility index (Phi) is 8.67. The molecule has 0 radical (unpaired) electrons. The predicted molar refractivity (Wildman–Crippen MR) is 198 cm³/mol. The zero-order valence-corrected chi connectivity index (χ0v) is 30.7. The largest absolute Gasteiger partial charge is 0.490 e. The van der Waals surface area contributed by atoms with E-state index in [1.165, 1.54) is 17.2 Å². The van der Waals surface area contributed by atoms with Gasteiger partial charge in [0.25, 0.3) is 0 Å². The average Bonchev–Trinajstić information content (AvgIpc) is 3.42. The van der Waals surface area contributed by atoms with Gasteiger partial charge in [-0.25, -0.2) is 14.2 Å². The monoisotopic (exact) mass is 704 g/mol. The first-order chi connectivity index (χ1) is 24.9. The molecule has 3 aromatic heterocycles. The van der Waals surface area contributed by atoms with E-state index in [0.29, 0.717) is 47.1 Å². The van der Waals surface area contributed by atoms with Gasteiger partial charge < -0.3 is 23.9 Å². The molecule has 270 valence electrons. The molecule has 52 heavy (non-hydrogen) atoms. The highest BCUT2D eigenvalue weighted by atomic mass is 19.1. The standard InChI is InChI=1S/C42H45FN4O5/c1-23-30-8-7-15-51-38(30)33(43)18-31(23)37-32-19-35(46(6)40(32)45-24(2)36(37)39(41(48)49)52-42(3,4)5)27-11-13-44-34(17-27)26-9-10-28-20-47(29-21-50-22-29)14-12-25(28)16-26/h9-11,13,16-19,29,39H,7-8,12,14-15,20-22H2,1-6H3,(H,48,49). The second kappa shape index (κ2) is 13.1. The fourth-order valence-corrected chi connectivity index (χ4v) is 8.08. The predicted octanol–water partition coefficient (Wildman–Crippen LogP) is 7.75. The van der Waals surface area contributed by atoms with Gasteiger partial charge in [-0.2, -0.15) is 0 Å². The normalized spacial score (nSPS) is 17.0. The number of aryl methyl sites for hydroxylation is 2. The molecular formula is C42H45FN4O5. The van der Waals surface area contributed by atoms with Crippen molar-refractivity contribution in [2.75, 3.05) is 26.4 Å². The summed E-state index contributed by atoms with van der Waals surface area (Å²) in [4.78, 5) is 25.3. The van der Waals surface area contributed by atoms with Gasteiger partial charge in [-0.1, -0.05) is 12.1 Å². The van der Waals surface area contributed by atoms with E-state index in [1.54, 1.807) is 6.92 Å². The Hall–Kier alpha value is -4.64. The quantitative estimate of drug-likeness (QED) is 0.184. The smallest absolute Gasteiger partial charge is 0.337 e. The summed E-state index contributed by atoms with van der Waals surface area (Å²) in [6.45, 7) is 13.3. The van der Waals surface area contributed by atoms with Gasteiger partial charge in [0.05, 0.1) is 42.9 Å². The highest BCUT2D eigenvalue weighted by Gasteiger charge is 2.35. The Morgan fingerprint density at radius 3 is 2.60 bits per heavy atom. The molecule has 2 aromatic carbocycles. The minimum atomic E-state index is -1.34. The van der Waals surface area contributed by atoms with Crippen LogP contribution in [-0.2, 0) is 40.7 Å². The van der Waals surface area contributed by atoms with Crippen molar-refractivity contribution in [1.82, 2.24) is 19.4 Å². The van der Waals surface area contributed by atoms with Crippen molar-refractivity contribution >= 4 is 17.0 Å². The van der Waals surface area contributed by atoms with Crippen molar-refractivity contribution in [2.45, 2.75) is 78.2 Å². The molecule has 1 unspecified atom stereocenters. The summed E-state index contributed by atoms with van der Waals surface area (Å²) in [5, 5.41) is 11.3. The first-order valence-corrected chi connectivity index (χ1v) is 18.1. The molecule has 0 spiro atoms. The number of benzene rings is 2. The molecule has 0 aliphatic carbocycles. The van der Waals surface area contributed by atoms with E-state index >= 15 is 4.39 Å². The van der Waals surface area contributed by atoms with Crippen LogP contribution >= 0.6 is 0 Å². The Labute approximate surface area is 303 Å². The van der Waals surface area contributed by atoms with Crippen LogP contribution in [0, 0.1) is 19.7 Å². The molecule has 9 nitrogen and oxygen atoms in total. The Bertz CT molecular complexity index is 2230. The Morgan fingerprint density at radius 1 is 1.06 bits per heavy atom. The SMILES string of the molecule is Cc1nc2c(cc(-c3ccnc(-c4ccc5c(c4)CCN(C4COC4)C5)c3)n2C)c(-c2cc(F)c3c(c2C)CCCO3)c1C(OC(C)(C)C)C(=O)O. The molecule has 0 bridgehead atoms. The summed E-state index contributed by atoms with van der Waals surface area (Å²) in [5.74, 6) is -1.32. The van der Waals surface area contributed by atoms with E-state index in [-0.39, 0.29) is 5.75 Å². The molecule has 1 fully saturated rings. The third kappa shape index (κ3) is 6.06. The fraction of sp³-hybridized carbons (Fsp3) is 0.405. The van der Waals surface area contributed by atoms with Crippen molar-refractivity contribution in [3.05, 3.63) is 88.0 Å². The summed E-state index contributed by atoms with van der Waals surface area (Å²) in [5.41, 5.74) is 10.1. The third-order valence-electron chi connectivity index (χ3n) is 10.8. The molecule has 6 heterocycles. The number of hydrogen-bond donors (Lipinski definition) is 1. The van der Waals surface area contributed by atoms with Gasteiger partial charge in [0.2, 0.25) is 0 Å². The molecule has 10 heteroatoms. The van der Waals surface area contributed by atoms with Crippen molar-refractivity contribution in [2.24, 2.45) is 7.05 Å². The minimum absolute atomic E-state index is 0.280. The summed E-state index contributed by atoms with van der Waals surface area (Å²) >= 11 is 0. The number of hydrogen-bond acceptors (Lipinski definition) is 7. The average molecular weight is 705 g/mol. The number of aromatic nitrogens is 3. The highest BCUT2D eigenvalue weighted by molar-refractivity contribution is 6.01. The summed E-state index contributed by atoms with van der Waals surface area (Å²) in [7, 11) is 1.96. The second-order valence-electron chi connectivity index (χ2n) is 15.4. The van der Waals surface area contributed by atoms with Gasteiger partial charge in [-0.15, -0.1) is 0 Å². The van der Waals surface area contributed by atoms with E-state index in [4.69, 9.17) is 24.2 Å². The third-order valence-corrected chi connectivity index (χ3v) is 10.8. The van der Waals surface area contributed by atoms with Crippen LogP contribution in [0.3, 0.4) is 0 Å². The van der Waals surface area contributed by atoms with Gasteiger partial charge in [-0.3, -0.25) is 9.88 Å². The van der Waals surface area contributed by atoms with E-state index in [0.717, 1.165) is 78.2 Å². The van der Waals surface area contributed by atoms with Crippen molar-refractivity contribution in [1.29, 1.82) is 0 Å². The molecule has 0 saturated carbocycles. The number of rotatable bonds is 7.